The molecule has 0 saturated heterocycles. The minimum atomic E-state index is -0.684. The zero-order valence-electron chi connectivity index (χ0n) is 10.4. The fourth-order valence-corrected chi connectivity index (χ4v) is 2.35. The topological polar surface area (TPSA) is 65.2 Å². The number of carbonyl (C=O) groups excluding carboxylic acids is 1. The van der Waals surface area contributed by atoms with Crippen molar-refractivity contribution < 1.29 is 14.1 Å². The molecule has 1 aromatic heterocycles. The van der Waals surface area contributed by atoms with E-state index < -0.39 is 5.41 Å². The summed E-state index contributed by atoms with van der Waals surface area (Å²) in [6.07, 6.45) is 4.21. The lowest BCUT2D eigenvalue weighted by molar-refractivity contribution is -0.151. The standard InChI is InChI=1S/C12H18N2O3/c1-3-9-13-10(17-14-9)12(7-5-6-8-12)11(15)16-4-2/h3-8H2,1-2H3. The van der Waals surface area contributed by atoms with Crippen molar-refractivity contribution in [2.24, 2.45) is 0 Å². The van der Waals surface area contributed by atoms with Gasteiger partial charge in [0, 0.05) is 6.42 Å². The van der Waals surface area contributed by atoms with Crippen molar-refractivity contribution in [1.82, 2.24) is 10.1 Å². The van der Waals surface area contributed by atoms with Crippen LogP contribution in [0.25, 0.3) is 0 Å². The van der Waals surface area contributed by atoms with Crippen LogP contribution in [0.4, 0.5) is 0 Å². The third-order valence-electron chi connectivity index (χ3n) is 3.32. The van der Waals surface area contributed by atoms with Gasteiger partial charge in [0.05, 0.1) is 6.61 Å². The second kappa shape index (κ2) is 4.85. The summed E-state index contributed by atoms with van der Waals surface area (Å²) in [5, 5.41) is 3.87. The fraction of sp³-hybridized carbons (Fsp3) is 0.750. The average molecular weight is 238 g/mol. The highest BCUT2D eigenvalue weighted by atomic mass is 16.5. The molecule has 2 rings (SSSR count). The molecule has 0 aliphatic heterocycles. The van der Waals surface area contributed by atoms with Gasteiger partial charge < -0.3 is 9.26 Å². The van der Waals surface area contributed by atoms with Gasteiger partial charge in [-0.2, -0.15) is 4.98 Å². The monoisotopic (exact) mass is 238 g/mol. The van der Waals surface area contributed by atoms with E-state index in [1.54, 1.807) is 0 Å². The summed E-state index contributed by atoms with van der Waals surface area (Å²) in [5.74, 6) is 0.865. The van der Waals surface area contributed by atoms with Crippen LogP contribution < -0.4 is 0 Å². The third-order valence-corrected chi connectivity index (χ3v) is 3.32. The van der Waals surface area contributed by atoms with Crippen LogP contribution in [0.5, 0.6) is 0 Å². The minimum absolute atomic E-state index is 0.219. The molecule has 17 heavy (non-hydrogen) atoms. The number of ether oxygens (including phenoxy) is 1. The lowest BCUT2D eigenvalue weighted by atomic mass is 9.86. The summed E-state index contributed by atoms with van der Waals surface area (Å²) >= 11 is 0. The average Bonchev–Trinajstić information content (AvgIpc) is 2.99. The number of aryl methyl sites for hydroxylation is 1. The van der Waals surface area contributed by atoms with Crippen LogP contribution in [0.1, 0.15) is 51.2 Å². The van der Waals surface area contributed by atoms with Crippen LogP contribution in [-0.2, 0) is 21.4 Å². The Morgan fingerprint density at radius 3 is 2.65 bits per heavy atom. The highest BCUT2D eigenvalue weighted by Crippen LogP contribution is 2.41. The highest BCUT2D eigenvalue weighted by molar-refractivity contribution is 5.82. The Morgan fingerprint density at radius 2 is 2.12 bits per heavy atom. The largest absolute Gasteiger partial charge is 0.465 e. The second-order valence-electron chi connectivity index (χ2n) is 4.38. The molecule has 94 valence electrons. The van der Waals surface area contributed by atoms with Gasteiger partial charge in [-0.05, 0) is 19.8 Å². The maximum atomic E-state index is 12.1. The molecule has 0 N–H and O–H groups in total. The Kier molecular flexibility index (Phi) is 3.45. The molecule has 0 aromatic carbocycles. The maximum Gasteiger partial charge on any atom is 0.321 e. The molecule has 5 nitrogen and oxygen atoms in total. The molecule has 0 atom stereocenters. The first-order chi connectivity index (χ1) is 8.23. The van der Waals surface area contributed by atoms with Gasteiger partial charge in [0.25, 0.3) is 0 Å². The summed E-state index contributed by atoms with van der Waals surface area (Å²) in [6.45, 7) is 4.15. The Balaban J connectivity index is 2.30. The molecule has 1 aliphatic rings. The van der Waals surface area contributed by atoms with Crippen LogP contribution in [0, 0.1) is 0 Å². The number of hydrogen-bond donors (Lipinski definition) is 0. The maximum absolute atomic E-state index is 12.1. The molecule has 5 heteroatoms. The summed E-state index contributed by atoms with van der Waals surface area (Å²) in [5.41, 5.74) is -0.684. The third kappa shape index (κ3) is 2.06. The van der Waals surface area contributed by atoms with E-state index in [0.29, 0.717) is 24.7 Å². The molecule has 0 radical (unpaired) electrons. The van der Waals surface area contributed by atoms with Crippen LogP contribution in [-0.4, -0.2) is 22.7 Å². The second-order valence-corrected chi connectivity index (χ2v) is 4.38. The van der Waals surface area contributed by atoms with Gasteiger partial charge in [0.2, 0.25) is 5.89 Å². The van der Waals surface area contributed by atoms with E-state index in [1.165, 1.54) is 0 Å². The molecule has 1 saturated carbocycles. The number of esters is 1. The number of rotatable bonds is 4. The van der Waals surface area contributed by atoms with E-state index in [2.05, 4.69) is 10.1 Å². The van der Waals surface area contributed by atoms with E-state index in [-0.39, 0.29) is 5.97 Å². The molecule has 1 aliphatic carbocycles. The van der Waals surface area contributed by atoms with Crippen molar-refractivity contribution >= 4 is 5.97 Å². The van der Waals surface area contributed by atoms with Gasteiger partial charge in [-0.25, -0.2) is 0 Å². The summed E-state index contributed by atoms with van der Waals surface area (Å²) in [6, 6.07) is 0. The van der Waals surface area contributed by atoms with E-state index in [9.17, 15) is 4.79 Å². The Labute approximate surface area is 101 Å². The number of nitrogens with zero attached hydrogens (tertiary/aromatic N) is 2. The molecular formula is C12H18N2O3. The first-order valence-electron chi connectivity index (χ1n) is 6.23. The molecule has 0 bridgehead atoms. The number of hydrogen-bond acceptors (Lipinski definition) is 5. The summed E-state index contributed by atoms with van der Waals surface area (Å²) in [4.78, 5) is 16.4. The van der Waals surface area contributed by atoms with Crippen molar-refractivity contribution in [2.75, 3.05) is 6.61 Å². The minimum Gasteiger partial charge on any atom is -0.465 e. The van der Waals surface area contributed by atoms with Gasteiger partial charge in [-0.3, -0.25) is 4.79 Å². The molecule has 0 unspecified atom stereocenters. The first kappa shape index (κ1) is 12.1. The predicted octanol–water partition coefficient (Wildman–Crippen LogP) is 2.01. The Morgan fingerprint density at radius 1 is 1.41 bits per heavy atom. The molecule has 1 heterocycles. The fourth-order valence-electron chi connectivity index (χ4n) is 2.35. The van der Waals surface area contributed by atoms with Gasteiger partial charge >= 0.3 is 5.97 Å². The lowest BCUT2D eigenvalue weighted by Gasteiger charge is -2.21. The summed E-state index contributed by atoms with van der Waals surface area (Å²) in [7, 11) is 0. The highest BCUT2D eigenvalue weighted by Gasteiger charge is 2.48. The Bertz CT molecular complexity index is 394. The van der Waals surface area contributed by atoms with Crippen LogP contribution in [0.2, 0.25) is 0 Å². The van der Waals surface area contributed by atoms with Gasteiger partial charge in [-0.15, -0.1) is 0 Å². The van der Waals surface area contributed by atoms with Crippen molar-refractivity contribution in [1.29, 1.82) is 0 Å². The van der Waals surface area contributed by atoms with Crippen LogP contribution in [0.3, 0.4) is 0 Å². The van der Waals surface area contributed by atoms with E-state index in [0.717, 1.165) is 25.7 Å². The zero-order chi connectivity index (χ0) is 12.3. The molecule has 0 amide bonds. The predicted molar refractivity (Wildman–Crippen MR) is 60.5 cm³/mol. The van der Waals surface area contributed by atoms with Crippen molar-refractivity contribution in [3.63, 3.8) is 0 Å². The van der Waals surface area contributed by atoms with Gasteiger partial charge in [0.15, 0.2) is 5.82 Å². The smallest absolute Gasteiger partial charge is 0.321 e. The van der Waals surface area contributed by atoms with Crippen LogP contribution in [0.15, 0.2) is 4.52 Å². The zero-order valence-corrected chi connectivity index (χ0v) is 10.4. The number of aromatic nitrogens is 2. The number of carbonyl (C=O) groups is 1. The molecule has 1 aromatic rings. The molecule has 1 fully saturated rings. The van der Waals surface area contributed by atoms with E-state index in [1.807, 2.05) is 13.8 Å². The SMILES string of the molecule is CCOC(=O)C1(c2nc(CC)no2)CCCC1. The van der Waals surface area contributed by atoms with Crippen molar-refractivity contribution in [2.45, 2.75) is 51.4 Å². The van der Waals surface area contributed by atoms with Gasteiger partial charge in [0.1, 0.15) is 5.41 Å². The molecule has 0 spiro atoms. The van der Waals surface area contributed by atoms with Crippen molar-refractivity contribution in [3.8, 4) is 0 Å². The Hall–Kier alpha value is -1.39. The normalized spacial score (nSPS) is 18.2. The molecular weight excluding hydrogens is 220 g/mol. The van der Waals surface area contributed by atoms with E-state index >= 15 is 0 Å². The lowest BCUT2D eigenvalue weighted by Crippen LogP contribution is -2.35. The van der Waals surface area contributed by atoms with E-state index in [4.69, 9.17) is 9.26 Å². The summed E-state index contributed by atoms with van der Waals surface area (Å²) < 4.78 is 10.4. The first-order valence-corrected chi connectivity index (χ1v) is 6.23. The van der Waals surface area contributed by atoms with Crippen molar-refractivity contribution in [3.05, 3.63) is 11.7 Å². The quantitative estimate of drug-likeness (QED) is 0.751. The van der Waals surface area contributed by atoms with Gasteiger partial charge in [-0.1, -0.05) is 24.9 Å². The van der Waals surface area contributed by atoms with Crippen LogP contribution >= 0.6 is 0 Å².